The van der Waals surface area contributed by atoms with Crippen LogP contribution in [0.3, 0.4) is 0 Å². The topological polar surface area (TPSA) is 69.7 Å². The van der Waals surface area contributed by atoms with E-state index in [0.29, 0.717) is 28.0 Å². The van der Waals surface area contributed by atoms with E-state index in [2.05, 4.69) is 10.2 Å². The number of hydrogen-bond acceptors (Lipinski definition) is 4. The maximum absolute atomic E-state index is 13.9. The Balaban J connectivity index is 1.56. The van der Waals surface area contributed by atoms with Crippen LogP contribution in [0.1, 0.15) is 24.0 Å². The second-order valence-corrected chi connectivity index (χ2v) is 10.1. The van der Waals surface area contributed by atoms with Crippen molar-refractivity contribution in [1.82, 2.24) is 4.90 Å². The van der Waals surface area contributed by atoms with Crippen molar-refractivity contribution in [2.45, 2.75) is 31.3 Å². The first kappa shape index (κ1) is 20.5. The van der Waals surface area contributed by atoms with Gasteiger partial charge in [-0.3, -0.25) is 19.3 Å². The number of nitrogens with one attached hydrogen (secondary N) is 1. The van der Waals surface area contributed by atoms with Crippen molar-refractivity contribution < 1.29 is 14.4 Å². The molecule has 1 spiro atoms. The molecule has 4 heterocycles. The number of amides is 3. The average Bonchev–Trinajstić information content (AvgIpc) is 3.46. The quantitative estimate of drug-likeness (QED) is 0.602. The van der Waals surface area contributed by atoms with Gasteiger partial charge < -0.3 is 5.32 Å². The molecule has 6 nitrogen and oxygen atoms in total. The van der Waals surface area contributed by atoms with Gasteiger partial charge in [-0.2, -0.15) is 0 Å². The minimum atomic E-state index is -1.23. The lowest BCUT2D eigenvalue weighted by Crippen LogP contribution is -2.54. The molecule has 4 aliphatic rings. The number of carbonyl (C=O) groups excluding carboxylic acids is 3. The first-order valence-electron chi connectivity index (χ1n) is 10.5. The number of imide groups is 1. The largest absolute Gasteiger partial charge is 0.324 e. The van der Waals surface area contributed by atoms with Crippen LogP contribution in [0.25, 0.3) is 0 Å². The van der Waals surface area contributed by atoms with Gasteiger partial charge in [0.15, 0.2) is 0 Å². The zero-order valence-corrected chi connectivity index (χ0v) is 19.3. The Hall–Kier alpha value is -2.12. The van der Waals surface area contributed by atoms with Gasteiger partial charge in [0.05, 0.1) is 33.3 Å². The molecule has 3 saturated heterocycles. The van der Waals surface area contributed by atoms with Crippen molar-refractivity contribution in [2.75, 3.05) is 16.8 Å². The molecule has 1 N–H and O–H groups in total. The molecule has 0 aromatic heterocycles. The average molecular weight is 491 g/mol. The van der Waals surface area contributed by atoms with Crippen LogP contribution in [0.5, 0.6) is 0 Å². The minimum Gasteiger partial charge on any atom is -0.324 e. The van der Waals surface area contributed by atoms with Crippen LogP contribution in [0, 0.1) is 18.8 Å². The molecule has 0 bridgehead atoms. The number of rotatable bonds is 1. The van der Waals surface area contributed by atoms with Crippen molar-refractivity contribution in [1.29, 1.82) is 0 Å². The van der Waals surface area contributed by atoms with Gasteiger partial charge in [0.2, 0.25) is 17.7 Å². The molecule has 0 unspecified atom stereocenters. The van der Waals surface area contributed by atoms with Crippen LogP contribution in [0.4, 0.5) is 11.4 Å². The number of hydrogen-bond donors (Lipinski definition) is 1. The maximum atomic E-state index is 13.9. The lowest BCUT2D eigenvalue weighted by Gasteiger charge is -2.36. The van der Waals surface area contributed by atoms with Crippen LogP contribution in [-0.2, 0) is 19.9 Å². The first-order valence-corrected chi connectivity index (χ1v) is 11.6. The molecular formula is C23H18Cl3N3O3. The SMILES string of the molecule is Cc1c(Cl)ccc2c1NC(=O)[C@]21[C@@H]2C(=O)N(c3ccc(Cl)c(Cl)c3)C(=O)[C@@H]2[C@@H]2CCCN21. The third kappa shape index (κ3) is 2.29. The highest BCUT2D eigenvalue weighted by molar-refractivity contribution is 6.42. The monoisotopic (exact) mass is 489 g/mol. The number of fused-ring (bicyclic) bond motifs is 7. The lowest BCUT2D eigenvalue weighted by atomic mass is 9.75. The van der Waals surface area contributed by atoms with Gasteiger partial charge in [-0.05, 0) is 56.1 Å². The fourth-order valence-electron chi connectivity index (χ4n) is 6.27. The van der Waals surface area contributed by atoms with Gasteiger partial charge in [0, 0.05) is 16.6 Å². The van der Waals surface area contributed by atoms with E-state index < -0.39 is 17.4 Å². The highest BCUT2D eigenvalue weighted by Crippen LogP contribution is 2.61. The van der Waals surface area contributed by atoms with E-state index in [0.717, 1.165) is 24.0 Å². The minimum absolute atomic E-state index is 0.183. The summed E-state index contributed by atoms with van der Waals surface area (Å²) in [6, 6.07) is 8.09. The predicted molar refractivity (Wildman–Crippen MR) is 122 cm³/mol. The summed E-state index contributed by atoms with van der Waals surface area (Å²) in [6.07, 6.45) is 1.62. The van der Waals surface area contributed by atoms with Gasteiger partial charge in [-0.15, -0.1) is 0 Å². The van der Waals surface area contributed by atoms with Gasteiger partial charge in [-0.25, -0.2) is 4.90 Å². The second kappa shape index (κ2) is 6.70. The third-order valence-electron chi connectivity index (χ3n) is 7.52. The Bertz CT molecular complexity index is 1250. The molecule has 4 aliphatic heterocycles. The maximum Gasteiger partial charge on any atom is 0.250 e. The summed E-state index contributed by atoms with van der Waals surface area (Å²) in [7, 11) is 0. The second-order valence-electron chi connectivity index (χ2n) is 8.83. The summed E-state index contributed by atoms with van der Waals surface area (Å²) >= 11 is 18.5. The lowest BCUT2D eigenvalue weighted by molar-refractivity contribution is -0.135. The molecule has 6 rings (SSSR count). The highest BCUT2D eigenvalue weighted by Gasteiger charge is 2.74. The standard InChI is InChI=1S/C23H18Cl3N3O3/c1-10-13(24)7-5-12-19(10)27-22(32)23(12)18-17(16-3-2-8-28(16)23)20(30)29(21(18)31)11-4-6-14(25)15(26)9-11/h4-7,9,16-18H,2-3,8H2,1H3,(H,27,32)/t16-,17+,18-,23+/m0/s1. The number of carbonyl (C=O) groups is 3. The number of anilines is 2. The Morgan fingerprint density at radius 2 is 1.75 bits per heavy atom. The van der Waals surface area contributed by atoms with Crippen molar-refractivity contribution in [3.63, 3.8) is 0 Å². The third-order valence-corrected chi connectivity index (χ3v) is 8.67. The smallest absolute Gasteiger partial charge is 0.250 e. The van der Waals surface area contributed by atoms with Crippen LogP contribution in [-0.4, -0.2) is 35.2 Å². The summed E-state index contributed by atoms with van der Waals surface area (Å²) in [5.41, 5.74) is 1.26. The van der Waals surface area contributed by atoms with Crippen molar-refractivity contribution in [3.05, 3.63) is 56.5 Å². The van der Waals surface area contributed by atoms with Gasteiger partial charge in [-0.1, -0.05) is 40.9 Å². The fraction of sp³-hybridized carbons (Fsp3) is 0.348. The fourth-order valence-corrected chi connectivity index (χ4v) is 6.72. The highest BCUT2D eigenvalue weighted by atomic mass is 35.5. The molecule has 4 atom stereocenters. The molecule has 2 aromatic rings. The van der Waals surface area contributed by atoms with E-state index in [1.807, 2.05) is 13.0 Å². The molecule has 3 fully saturated rings. The Kier molecular flexibility index (Phi) is 4.29. The number of halogens is 3. The molecular weight excluding hydrogens is 473 g/mol. The molecule has 32 heavy (non-hydrogen) atoms. The molecule has 2 aromatic carbocycles. The molecule has 0 radical (unpaired) electrons. The van der Waals surface area contributed by atoms with Crippen LogP contribution < -0.4 is 10.2 Å². The Morgan fingerprint density at radius 1 is 1.00 bits per heavy atom. The van der Waals surface area contributed by atoms with Crippen molar-refractivity contribution in [3.8, 4) is 0 Å². The molecule has 0 aliphatic carbocycles. The van der Waals surface area contributed by atoms with E-state index in [9.17, 15) is 14.4 Å². The number of benzene rings is 2. The van der Waals surface area contributed by atoms with Gasteiger partial charge >= 0.3 is 0 Å². The van der Waals surface area contributed by atoms with Crippen molar-refractivity contribution in [2.24, 2.45) is 11.8 Å². The normalized spacial score (nSPS) is 30.8. The van der Waals surface area contributed by atoms with Crippen LogP contribution in [0.2, 0.25) is 15.1 Å². The molecule has 0 saturated carbocycles. The van der Waals surface area contributed by atoms with Crippen LogP contribution >= 0.6 is 34.8 Å². The first-order chi connectivity index (χ1) is 15.3. The summed E-state index contributed by atoms with van der Waals surface area (Å²) in [5, 5.41) is 4.12. The van der Waals surface area contributed by atoms with E-state index in [1.165, 1.54) is 11.0 Å². The summed E-state index contributed by atoms with van der Waals surface area (Å²) in [6.45, 7) is 2.50. The Labute approximate surface area is 199 Å². The predicted octanol–water partition coefficient (Wildman–Crippen LogP) is 4.39. The van der Waals surface area contributed by atoms with Gasteiger partial charge in [0.1, 0.15) is 5.54 Å². The number of nitrogens with zero attached hydrogens (tertiary/aromatic N) is 2. The molecule has 3 amide bonds. The zero-order chi connectivity index (χ0) is 22.5. The molecule has 164 valence electrons. The van der Waals surface area contributed by atoms with E-state index in [1.54, 1.807) is 18.2 Å². The molecule has 9 heteroatoms. The van der Waals surface area contributed by atoms with E-state index in [-0.39, 0.29) is 28.8 Å². The van der Waals surface area contributed by atoms with Gasteiger partial charge in [0.25, 0.3) is 0 Å². The summed E-state index contributed by atoms with van der Waals surface area (Å²) < 4.78 is 0. The zero-order valence-electron chi connectivity index (χ0n) is 17.0. The van der Waals surface area contributed by atoms with Crippen molar-refractivity contribution >= 4 is 63.9 Å². The van der Waals surface area contributed by atoms with E-state index >= 15 is 0 Å². The summed E-state index contributed by atoms with van der Waals surface area (Å²) in [4.78, 5) is 44.5. The Morgan fingerprint density at radius 3 is 2.50 bits per heavy atom. The van der Waals surface area contributed by atoms with Crippen LogP contribution in [0.15, 0.2) is 30.3 Å². The summed E-state index contributed by atoms with van der Waals surface area (Å²) in [5.74, 6) is -2.37. The van der Waals surface area contributed by atoms with E-state index in [4.69, 9.17) is 34.8 Å².